The van der Waals surface area contributed by atoms with Crippen molar-refractivity contribution in [1.82, 2.24) is 4.90 Å². The summed E-state index contributed by atoms with van der Waals surface area (Å²) >= 11 is 0. The summed E-state index contributed by atoms with van der Waals surface area (Å²) in [5, 5.41) is 0. The number of hydrogen-bond acceptors (Lipinski definition) is 4. The van der Waals surface area contributed by atoms with Gasteiger partial charge in [0.2, 0.25) is 0 Å². The lowest BCUT2D eigenvalue weighted by Gasteiger charge is -2.20. The van der Waals surface area contributed by atoms with Gasteiger partial charge in [-0.2, -0.15) is 0 Å². The number of nitrogens with zero attached hydrogens (tertiary/aromatic N) is 1. The Hall–Kier alpha value is -1.26. The monoisotopic (exact) mass is 229 g/mol. The van der Waals surface area contributed by atoms with E-state index in [1.54, 1.807) is 20.8 Å². The Bertz CT molecular complexity index is 295. The molecule has 2 unspecified atom stereocenters. The van der Waals surface area contributed by atoms with Gasteiger partial charge in [0.15, 0.2) is 6.04 Å². The van der Waals surface area contributed by atoms with E-state index in [1.807, 2.05) is 6.92 Å². The first-order valence-corrected chi connectivity index (χ1v) is 5.41. The highest BCUT2D eigenvalue weighted by atomic mass is 16.6. The van der Waals surface area contributed by atoms with E-state index in [-0.39, 0.29) is 12.0 Å². The Morgan fingerprint density at radius 1 is 1.31 bits per heavy atom. The lowest BCUT2D eigenvalue weighted by molar-refractivity contribution is -0.140. The van der Waals surface area contributed by atoms with Crippen molar-refractivity contribution in [3.63, 3.8) is 0 Å². The van der Waals surface area contributed by atoms with Crippen LogP contribution in [0.1, 0.15) is 34.1 Å². The summed E-state index contributed by atoms with van der Waals surface area (Å²) in [5.41, 5.74) is -0.543. The van der Waals surface area contributed by atoms with E-state index >= 15 is 0 Å². The van der Waals surface area contributed by atoms with Crippen LogP contribution in [-0.2, 0) is 14.3 Å². The van der Waals surface area contributed by atoms with Gasteiger partial charge in [0.25, 0.3) is 0 Å². The van der Waals surface area contributed by atoms with Crippen molar-refractivity contribution < 1.29 is 19.1 Å². The number of carbonyl (C=O) groups excluding carboxylic acids is 2. The van der Waals surface area contributed by atoms with Gasteiger partial charge in [0, 0.05) is 0 Å². The van der Waals surface area contributed by atoms with Crippen LogP contribution in [0.25, 0.3) is 0 Å². The highest BCUT2D eigenvalue weighted by molar-refractivity contribution is 5.88. The molecule has 0 aromatic heterocycles. The molecule has 0 aromatic carbocycles. The number of carbonyl (C=O) groups is 2. The Balaban J connectivity index is 2.61. The lowest BCUT2D eigenvalue weighted by Crippen LogP contribution is -2.29. The molecule has 5 nitrogen and oxygen atoms in total. The van der Waals surface area contributed by atoms with Gasteiger partial charge < -0.3 is 9.47 Å². The largest absolute Gasteiger partial charge is 0.467 e. The normalized spacial score (nSPS) is 23.9. The number of esters is 1. The van der Waals surface area contributed by atoms with Crippen molar-refractivity contribution in [1.29, 1.82) is 0 Å². The van der Waals surface area contributed by atoms with Crippen LogP contribution < -0.4 is 0 Å². The van der Waals surface area contributed by atoms with Crippen LogP contribution in [0.5, 0.6) is 0 Å². The summed E-state index contributed by atoms with van der Waals surface area (Å²) in [6.45, 7) is 7.30. The molecular formula is C11H19NO4. The molecule has 0 bridgehead atoms. The fourth-order valence-corrected chi connectivity index (χ4v) is 1.65. The van der Waals surface area contributed by atoms with Gasteiger partial charge in [0.05, 0.1) is 13.2 Å². The van der Waals surface area contributed by atoms with Gasteiger partial charge in [-0.25, -0.2) is 9.59 Å². The van der Waals surface area contributed by atoms with E-state index in [0.29, 0.717) is 0 Å². The maximum absolute atomic E-state index is 11.7. The van der Waals surface area contributed by atoms with Crippen molar-refractivity contribution in [3.8, 4) is 0 Å². The quantitative estimate of drug-likeness (QED) is 0.532. The first-order chi connectivity index (χ1) is 7.31. The fraction of sp³-hybridized carbons (Fsp3) is 0.818. The molecule has 1 aliphatic rings. The smallest absolute Gasteiger partial charge is 0.411 e. The predicted octanol–water partition coefficient (Wildman–Crippen LogP) is 1.56. The van der Waals surface area contributed by atoms with Crippen molar-refractivity contribution >= 4 is 12.1 Å². The van der Waals surface area contributed by atoms with Crippen LogP contribution in [0.4, 0.5) is 4.79 Å². The molecule has 92 valence electrons. The zero-order chi connectivity index (χ0) is 12.5. The maximum atomic E-state index is 11.7. The molecule has 0 aromatic rings. The molecule has 0 saturated carbocycles. The van der Waals surface area contributed by atoms with E-state index in [4.69, 9.17) is 4.74 Å². The summed E-state index contributed by atoms with van der Waals surface area (Å²) in [6.07, 6.45) is 0.272. The van der Waals surface area contributed by atoms with Crippen LogP contribution in [0, 0.1) is 0 Å². The Kier molecular flexibility index (Phi) is 3.45. The van der Waals surface area contributed by atoms with Crippen molar-refractivity contribution in [2.24, 2.45) is 0 Å². The van der Waals surface area contributed by atoms with Crippen LogP contribution in [0.3, 0.4) is 0 Å². The van der Waals surface area contributed by atoms with Crippen molar-refractivity contribution in [2.45, 2.75) is 51.8 Å². The lowest BCUT2D eigenvalue weighted by atomic mass is 10.2. The van der Waals surface area contributed by atoms with E-state index < -0.39 is 17.7 Å². The Labute approximate surface area is 95.7 Å². The summed E-state index contributed by atoms with van der Waals surface area (Å²) in [4.78, 5) is 24.5. The van der Waals surface area contributed by atoms with Crippen molar-refractivity contribution in [2.75, 3.05) is 7.11 Å². The SMILES string of the molecule is CCC1C(C(=O)OC)N1C(=O)OC(C)(C)C. The Morgan fingerprint density at radius 2 is 1.88 bits per heavy atom. The molecule has 1 aliphatic heterocycles. The van der Waals surface area contributed by atoms with Gasteiger partial charge in [-0.1, -0.05) is 6.92 Å². The minimum absolute atomic E-state index is 0.0812. The van der Waals surface area contributed by atoms with Crippen LogP contribution >= 0.6 is 0 Å². The van der Waals surface area contributed by atoms with Gasteiger partial charge in [-0.15, -0.1) is 0 Å². The zero-order valence-electron chi connectivity index (χ0n) is 10.4. The third kappa shape index (κ3) is 2.65. The molecular weight excluding hydrogens is 210 g/mol. The summed E-state index contributed by atoms with van der Waals surface area (Å²) in [6, 6.07) is -0.549. The molecule has 0 radical (unpaired) electrons. The maximum Gasteiger partial charge on any atom is 0.411 e. The van der Waals surface area contributed by atoms with Gasteiger partial charge in [0.1, 0.15) is 5.60 Å². The van der Waals surface area contributed by atoms with E-state index in [1.165, 1.54) is 12.0 Å². The zero-order valence-corrected chi connectivity index (χ0v) is 10.4. The van der Waals surface area contributed by atoms with E-state index in [2.05, 4.69) is 4.74 Å². The van der Waals surface area contributed by atoms with Crippen LogP contribution in [0.15, 0.2) is 0 Å². The molecule has 2 atom stereocenters. The molecule has 1 fully saturated rings. The average molecular weight is 229 g/mol. The third-order valence-corrected chi connectivity index (χ3v) is 2.40. The van der Waals surface area contributed by atoms with Gasteiger partial charge >= 0.3 is 12.1 Å². The minimum Gasteiger partial charge on any atom is -0.467 e. The average Bonchev–Trinajstić information content (AvgIpc) is 2.87. The molecule has 0 N–H and O–H groups in total. The second-order valence-corrected chi connectivity index (χ2v) is 4.83. The molecule has 0 aliphatic carbocycles. The number of ether oxygens (including phenoxy) is 2. The topological polar surface area (TPSA) is 55.6 Å². The first kappa shape index (κ1) is 12.8. The fourth-order valence-electron chi connectivity index (χ4n) is 1.65. The minimum atomic E-state index is -0.543. The molecule has 5 heteroatoms. The molecule has 16 heavy (non-hydrogen) atoms. The van der Waals surface area contributed by atoms with Crippen LogP contribution in [0.2, 0.25) is 0 Å². The van der Waals surface area contributed by atoms with E-state index in [0.717, 1.165) is 6.42 Å². The molecule has 1 amide bonds. The molecule has 1 heterocycles. The number of rotatable bonds is 2. The van der Waals surface area contributed by atoms with Gasteiger partial charge in [-0.3, -0.25) is 4.90 Å². The number of methoxy groups -OCH3 is 1. The summed E-state index contributed by atoms with van der Waals surface area (Å²) in [7, 11) is 1.32. The van der Waals surface area contributed by atoms with E-state index in [9.17, 15) is 9.59 Å². The second-order valence-electron chi connectivity index (χ2n) is 4.83. The molecule has 1 rings (SSSR count). The third-order valence-electron chi connectivity index (χ3n) is 2.40. The summed E-state index contributed by atoms with van der Waals surface area (Å²) < 4.78 is 9.83. The van der Waals surface area contributed by atoms with Crippen LogP contribution in [-0.4, -0.2) is 41.8 Å². The van der Waals surface area contributed by atoms with Gasteiger partial charge in [-0.05, 0) is 27.2 Å². The number of hydrogen-bond donors (Lipinski definition) is 0. The first-order valence-electron chi connectivity index (χ1n) is 5.41. The molecule has 0 spiro atoms. The highest BCUT2D eigenvalue weighted by Gasteiger charge is 2.56. The molecule has 1 saturated heterocycles. The standard InChI is InChI=1S/C11H19NO4/c1-6-7-8(9(13)15-5)12(7)10(14)16-11(2,3)4/h7-8H,6H2,1-5H3. The second kappa shape index (κ2) is 4.31. The number of amides is 1. The highest BCUT2D eigenvalue weighted by Crippen LogP contribution is 2.33. The Morgan fingerprint density at radius 3 is 2.25 bits per heavy atom. The summed E-state index contributed by atoms with van der Waals surface area (Å²) in [5.74, 6) is -0.377. The predicted molar refractivity (Wildman–Crippen MR) is 58.0 cm³/mol. The van der Waals surface area contributed by atoms with Crippen molar-refractivity contribution in [3.05, 3.63) is 0 Å².